The molecule has 16 heavy (non-hydrogen) atoms. The number of carbonyl (C=O) groups is 1. The molecule has 0 fully saturated rings. The number of fused-ring (bicyclic) bond motifs is 1. The summed E-state index contributed by atoms with van der Waals surface area (Å²) in [6.07, 6.45) is 3.49. The van der Waals surface area contributed by atoms with E-state index in [1.54, 1.807) is 6.33 Å². The number of carboxylic acid groups (broad SMARTS) is 1. The first-order valence-electron chi connectivity index (χ1n) is 5.28. The standard InChI is InChI=1S/C12H14N2O2/c1-14-8-13-10-6-5-9(7-11(10)14)3-2-4-12(15)16/h5-8H,2-4H2,1H3,(H,15,16). The van der Waals surface area contributed by atoms with Crippen LogP contribution in [0.5, 0.6) is 0 Å². The number of aryl methyl sites for hydroxylation is 2. The van der Waals surface area contributed by atoms with Crippen molar-refractivity contribution in [1.82, 2.24) is 9.55 Å². The number of carboxylic acids is 1. The van der Waals surface area contributed by atoms with Crippen LogP contribution in [0.25, 0.3) is 11.0 Å². The van der Waals surface area contributed by atoms with Crippen molar-refractivity contribution in [3.05, 3.63) is 30.1 Å². The molecule has 0 aliphatic heterocycles. The minimum Gasteiger partial charge on any atom is -0.481 e. The van der Waals surface area contributed by atoms with E-state index in [-0.39, 0.29) is 6.42 Å². The number of benzene rings is 1. The van der Waals surface area contributed by atoms with Crippen LogP contribution < -0.4 is 0 Å². The predicted molar refractivity (Wildman–Crippen MR) is 61.3 cm³/mol. The van der Waals surface area contributed by atoms with Crippen LogP contribution in [-0.4, -0.2) is 20.6 Å². The zero-order valence-corrected chi connectivity index (χ0v) is 9.18. The van der Waals surface area contributed by atoms with Crippen LogP contribution in [0.3, 0.4) is 0 Å². The summed E-state index contributed by atoms with van der Waals surface area (Å²) < 4.78 is 1.97. The van der Waals surface area contributed by atoms with E-state index in [9.17, 15) is 4.79 Å². The van der Waals surface area contributed by atoms with E-state index in [4.69, 9.17) is 5.11 Å². The van der Waals surface area contributed by atoms with Crippen LogP contribution in [-0.2, 0) is 18.3 Å². The summed E-state index contributed by atoms with van der Waals surface area (Å²) in [5.41, 5.74) is 3.23. The van der Waals surface area contributed by atoms with Gasteiger partial charge in [0.05, 0.1) is 17.4 Å². The predicted octanol–water partition coefficient (Wildman–Crippen LogP) is 1.98. The van der Waals surface area contributed by atoms with Crippen molar-refractivity contribution >= 4 is 17.0 Å². The lowest BCUT2D eigenvalue weighted by atomic mass is 10.1. The highest BCUT2D eigenvalue weighted by molar-refractivity contribution is 5.76. The highest BCUT2D eigenvalue weighted by Crippen LogP contribution is 2.15. The van der Waals surface area contributed by atoms with E-state index in [0.717, 1.165) is 23.0 Å². The normalized spacial score (nSPS) is 10.8. The van der Waals surface area contributed by atoms with E-state index in [1.165, 1.54) is 0 Å². The Balaban J connectivity index is 2.12. The molecule has 4 nitrogen and oxygen atoms in total. The third-order valence-electron chi connectivity index (χ3n) is 2.65. The number of aliphatic carboxylic acids is 1. The zero-order chi connectivity index (χ0) is 11.5. The molecule has 0 aliphatic carbocycles. The molecule has 0 amide bonds. The molecule has 1 heterocycles. The van der Waals surface area contributed by atoms with E-state index < -0.39 is 5.97 Å². The summed E-state index contributed by atoms with van der Waals surface area (Å²) in [4.78, 5) is 14.6. The summed E-state index contributed by atoms with van der Waals surface area (Å²) in [5.74, 6) is -0.735. The Labute approximate surface area is 93.5 Å². The maximum Gasteiger partial charge on any atom is 0.303 e. The number of hydrogen-bond donors (Lipinski definition) is 1. The zero-order valence-electron chi connectivity index (χ0n) is 9.18. The summed E-state index contributed by atoms with van der Waals surface area (Å²) in [6, 6.07) is 6.06. The van der Waals surface area contributed by atoms with Crippen LogP contribution in [0.15, 0.2) is 24.5 Å². The SMILES string of the molecule is Cn1cnc2ccc(CCCC(=O)O)cc21. The van der Waals surface area contributed by atoms with Crippen molar-refractivity contribution in [2.45, 2.75) is 19.3 Å². The Kier molecular flexibility index (Phi) is 2.90. The van der Waals surface area contributed by atoms with Crippen LogP contribution in [0.4, 0.5) is 0 Å². The Hall–Kier alpha value is -1.84. The maximum absolute atomic E-state index is 10.4. The van der Waals surface area contributed by atoms with Crippen LogP contribution in [0.1, 0.15) is 18.4 Å². The molecule has 2 aromatic rings. The van der Waals surface area contributed by atoms with Gasteiger partial charge in [-0.15, -0.1) is 0 Å². The Morgan fingerprint density at radius 3 is 3.06 bits per heavy atom. The van der Waals surface area contributed by atoms with Crippen molar-refractivity contribution < 1.29 is 9.90 Å². The van der Waals surface area contributed by atoms with Gasteiger partial charge in [0.15, 0.2) is 0 Å². The van der Waals surface area contributed by atoms with E-state index >= 15 is 0 Å². The molecule has 0 atom stereocenters. The minimum absolute atomic E-state index is 0.226. The van der Waals surface area contributed by atoms with Crippen molar-refractivity contribution in [2.24, 2.45) is 7.05 Å². The van der Waals surface area contributed by atoms with Gasteiger partial charge in [0.2, 0.25) is 0 Å². The topological polar surface area (TPSA) is 55.1 Å². The van der Waals surface area contributed by atoms with E-state index in [1.807, 2.05) is 23.7 Å². The van der Waals surface area contributed by atoms with Crippen LogP contribution in [0.2, 0.25) is 0 Å². The molecule has 0 unspecified atom stereocenters. The van der Waals surface area contributed by atoms with Gasteiger partial charge >= 0.3 is 5.97 Å². The van der Waals surface area contributed by atoms with Gasteiger partial charge in [-0.3, -0.25) is 4.79 Å². The highest BCUT2D eigenvalue weighted by atomic mass is 16.4. The molecule has 4 heteroatoms. The van der Waals surface area contributed by atoms with Crippen LogP contribution in [0, 0.1) is 0 Å². The van der Waals surface area contributed by atoms with E-state index in [0.29, 0.717) is 6.42 Å². The third kappa shape index (κ3) is 2.21. The van der Waals surface area contributed by atoms with Crippen molar-refractivity contribution in [3.8, 4) is 0 Å². The van der Waals surface area contributed by atoms with Gasteiger partial charge in [0.1, 0.15) is 0 Å². The number of hydrogen-bond acceptors (Lipinski definition) is 2. The average molecular weight is 218 g/mol. The van der Waals surface area contributed by atoms with Gasteiger partial charge in [-0.1, -0.05) is 6.07 Å². The first kappa shape index (κ1) is 10.7. The molecule has 0 bridgehead atoms. The first-order valence-corrected chi connectivity index (χ1v) is 5.28. The van der Waals surface area contributed by atoms with Crippen molar-refractivity contribution in [2.75, 3.05) is 0 Å². The highest BCUT2D eigenvalue weighted by Gasteiger charge is 2.02. The molecular weight excluding hydrogens is 204 g/mol. The Morgan fingerprint density at radius 1 is 1.50 bits per heavy atom. The lowest BCUT2D eigenvalue weighted by Gasteiger charge is -2.01. The number of rotatable bonds is 4. The van der Waals surface area contributed by atoms with Gasteiger partial charge in [-0.2, -0.15) is 0 Å². The molecular formula is C12H14N2O2. The molecule has 0 saturated heterocycles. The molecule has 1 N–H and O–H groups in total. The van der Waals surface area contributed by atoms with Gasteiger partial charge < -0.3 is 9.67 Å². The number of imidazole rings is 1. The molecule has 0 radical (unpaired) electrons. The first-order chi connectivity index (χ1) is 7.66. The lowest BCUT2D eigenvalue weighted by molar-refractivity contribution is -0.137. The monoisotopic (exact) mass is 218 g/mol. The fourth-order valence-electron chi connectivity index (χ4n) is 1.77. The van der Waals surface area contributed by atoms with Gasteiger partial charge in [-0.05, 0) is 30.5 Å². The second-order valence-electron chi connectivity index (χ2n) is 3.93. The molecule has 1 aromatic carbocycles. The summed E-state index contributed by atoms with van der Waals surface area (Å²) in [6.45, 7) is 0. The average Bonchev–Trinajstić information content (AvgIpc) is 2.60. The number of nitrogens with zero attached hydrogens (tertiary/aromatic N) is 2. The largest absolute Gasteiger partial charge is 0.481 e. The summed E-state index contributed by atoms with van der Waals surface area (Å²) in [5, 5.41) is 8.56. The maximum atomic E-state index is 10.4. The molecule has 0 aliphatic rings. The van der Waals surface area contributed by atoms with Crippen LogP contribution >= 0.6 is 0 Å². The molecule has 0 saturated carbocycles. The minimum atomic E-state index is -0.735. The number of aromatic nitrogens is 2. The second kappa shape index (κ2) is 4.35. The van der Waals surface area contributed by atoms with Crippen molar-refractivity contribution in [1.29, 1.82) is 0 Å². The molecule has 0 spiro atoms. The van der Waals surface area contributed by atoms with Gasteiger partial charge in [0.25, 0.3) is 0 Å². The Bertz CT molecular complexity index is 517. The van der Waals surface area contributed by atoms with E-state index in [2.05, 4.69) is 11.1 Å². The molecule has 1 aromatic heterocycles. The summed E-state index contributed by atoms with van der Waals surface area (Å²) in [7, 11) is 1.95. The molecule has 2 rings (SSSR count). The fraction of sp³-hybridized carbons (Fsp3) is 0.333. The quantitative estimate of drug-likeness (QED) is 0.853. The third-order valence-corrected chi connectivity index (χ3v) is 2.65. The Morgan fingerprint density at radius 2 is 2.31 bits per heavy atom. The fourth-order valence-corrected chi connectivity index (χ4v) is 1.77. The smallest absolute Gasteiger partial charge is 0.303 e. The lowest BCUT2D eigenvalue weighted by Crippen LogP contribution is -1.96. The molecule has 84 valence electrons. The van der Waals surface area contributed by atoms with Gasteiger partial charge in [-0.25, -0.2) is 4.98 Å². The second-order valence-corrected chi connectivity index (χ2v) is 3.93. The van der Waals surface area contributed by atoms with Crippen molar-refractivity contribution in [3.63, 3.8) is 0 Å². The van der Waals surface area contributed by atoms with Gasteiger partial charge in [0, 0.05) is 13.5 Å². The summed E-state index contributed by atoms with van der Waals surface area (Å²) >= 11 is 0.